The summed E-state index contributed by atoms with van der Waals surface area (Å²) < 4.78 is 30.4. The number of hydrogen-bond acceptors (Lipinski definition) is 6. The lowest BCUT2D eigenvalue weighted by molar-refractivity contribution is 0.0949. The lowest BCUT2D eigenvalue weighted by Crippen LogP contribution is -2.34. The van der Waals surface area contributed by atoms with Gasteiger partial charge in [-0.15, -0.1) is 0 Å². The lowest BCUT2D eigenvalue weighted by Gasteiger charge is -2.29. The van der Waals surface area contributed by atoms with Crippen LogP contribution in [-0.4, -0.2) is 54.6 Å². The van der Waals surface area contributed by atoms with Crippen molar-refractivity contribution in [1.29, 1.82) is 0 Å². The van der Waals surface area contributed by atoms with Crippen LogP contribution in [0.1, 0.15) is 42.5 Å². The van der Waals surface area contributed by atoms with Gasteiger partial charge in [0.25, 0.3) is 5.91 Å². The molecule has 8 nitrogen and oxygen atoms in total. The summed E-state index contributed by atoms with van der Waals surface area (Å²) in [5.41, 5.74) is 2.29. The van der Waals surface area contributed by atoms with Gasteiger partial charge < -0.3 is 28.8 Å². The Bertz CT molecular complexity index is 1970. The normalized spacial score (nSPS) is 18.2. The van der Waals surface area contributed by atoms with Gasteiger partial charge in [0.2, 0.25) is 5.43 Å². The highest BCUT2D eigenvalue weighted by atomic mass is 19.1. The van der Waals surface area contributed by atoms with Crippen molar-refractivity contribution in [3.05, 3.63) is 70.3 Å². The number of nitrogens with zero attached hydrogens (tertiary/aromatic N) is 3. The zero-order valence-electron chi connectivity index (χ0n) is 23.4. The zero-order chi connectivity index (χ0) is 28.5. The Morgan fingerprint density at radius 3 is 2.67 bits per heavy atom. The molecule has 1 amide bonds. The predicted octanol–water partition coefficient (Wildman–Crippen LogP) is 5.95. The van der Waals surface area contributed by atoms with E-state index in [1.807, 2.05) is 41.3 Å². The molecule has 2 aromatic heterocycles. The smallest absolute Gasteiger partial charge is 0.256 e. The molecule has 1 N–H and O–H groups in total. The Hall–Kier alpha value is -4.37. The third kappa shape index (κ3) is 3.83. The number of ether oxygens (including phenoxy) is 1. The van der Waals surface area contributed by atoms with E-state index in [9.17, 15) is 9.59 Å². The number of hydrogen-bond donors (Lipinski definition) is 1. The Labute approximate surface area is 241 Å². The van der Waals surface area contributed by atoms with Crippen LogP contribution < -0.4 is 20.4 Å². The first-order chi connectivity index (χ1) is 20.5. The van der Waals surface area contributed by atoms with Gasteiger partial charge in [-0.2, -0.15) is 0 Å². The van der Waals surface area contributed by atoms with E-state index in [1.54, 1.807) is 10.8 Å². The maximum atomic E-state index is 15.9. The van der Waals surface area contributed by atoms with Crippen LogP contribution in [0.2, 0.25) is 0 Å². The lowest BCUT2D eigenvalue weighted by atomic mass is 10.0. The van der Waals surface area contributed by atoms with E-state index in [2.05, 4.69) is 17.3 Å². The summed E-state index contributed by atoms with van der Waals surface area (Å²) >= 11 is 0. The molecule has 3 aliphatic rings. The largest absolute Gasteiger partial charge is 0.456 e. The average molecular weight is 567 g/mol. The van der Waals surface area contributed by atoms with Crippen molar-refractivity contribution in [3.63, 3.8) is 0 Å². The number of likely N-dealkylation sites (tertiary alicyclic amines) is 1. The first-order valence-corrected chi connectivity index (χ1v) is 14.8. The maximum Gasteiger partial charge on any atom is 0.256 e. The predicted molar refractivity (Wildman–Crippen MR) is 161 cm³/mol. The molecular formula is C33H31FN4O4. The standard InChI is InChI=1S/C33H31FN4O4/c1-36-12-6-7-19(36)10-11-35-33(40)23-18-38-25-17-27-21(20-8-2-3-9-26(20)41-27)16-28(25)42-32-29(38)22(31(23)39)15-24(34)30(32)37-13-4-5-14-37/h2-3,8-9,15-19H,4-7,10-14H2,1H3,(H,35,40). The highest BCUT2D eigenvalue weighted by Gasteiger charge is 2.32. The van der Waals surface area contributed by atoms with Crippen molar-refractivity contribution in [2.45, 2.75) is 38.1 Å². The number of pyridine rings is 1. The summed E-state index contributed by atoms with van der Waals surface area (Å²) in [6.07, 6.45) is 6.55. The van der Waals surface area contributed by atoms with E-state index in [0.717, 1.165) is 55.0 Å². The monoisotopic (exact) mass is 566 g/mol. The van der Waals surface area contributed by atoms with Gasteiger partial charge in [0, 0.05) is 48.7 Å². The van der Waals surface area contributed by atoms with Gasteiger partial charge >= 0.3 is 0 Å². The molecule has 1 atom stereocenters. The van der Waals surface area contributed by atoms with Crippen LogP contribution in [0.5, 0.6) is 11.5 Å². The van der Waals surface area contributed by atoms with Gasteiger partial charge in [-0.3, -0.25) is 9.59 Å². The summed E-state index contributed by atoms with van der Waals surface area (Å²) in [5.74, 6) is -0.175. The van der Waals surface area contributed by atoms with Gasteiger partial charge in [0.15, 0.2) is 17.3 Å². The highest BCUT2D eigenvalue weighted by Crippen LogP contribution is 2.48. The van der Waals surface area contributed by atoms with Gasteiger partial charge in [-0.05, 0) is 63.9 Å². The molecule has 214 valence electrons. The SMILES string of the molecule is CN1CCCC1CCNC(=O)c1cn2c3c(c(N4CCCC4)c(F)cc3c1=O)Oc1cc3c(cc1-2)oc1ccccc13. The topological polar surface area (TPSA) is 80.0 Å². The molecule has 3 aromatic carbocycles. The minimum Gasteiger partial charge on any atom is -0.456 e. The maximum absolute atomic E-state index is 15.9. The Balaban J connectivity index is 1.30. The fourth-order valence-electron chi connectivity index (χ4n) is 7.01. The number of nitrogens with one attached hydrogen (secondary N) is 1. The molecule has 0 bridgehead atoms. The molecule has 3 aliphatic heterocycles. The first kappa shape index (κ1) is 25.3. The summed E-state index contributed by atoms with van der Waals surface area (Å²) in [4.78, 5) is 31.5. The third-order valence-electron chi connectivity index (χ3n) is 9.20. The van der Waals surface area contributed by atoms with Crippen LogP contribution in [0.25, 0.3) is 38.5 Å². The van der Waals surface area contributed by atoms with Crippen molar-refractivity contribution < 1.29 is 18.3 Å². The van der Waals surface area contributed by atoms with Gasteiger partial charge in [0.1, 0.15) is 27.9 Å². The van der Waals surface area contributed by atoms with Crippen LogP contribution >= 0.6 is 0 Å². The molecule has 0 radical (unpaired) electrons. The second kappa shape index (κ2) is 9.59. The Kier molecular flexibility index (Phi) is 5.79. The van der Waals surface area contributed by atoms with Crippen LogP contribution in [0.4, 0.5) is 10.1 Å². The molecule has 8 rings (SSSR count). The van der Waals surface area contributed by atoms with Crippen molar-refractivity contribution >= 4 is 44.4 Å². The number of aromatic nitrogens is 1. The van der Waals surface area contributed by atoms with E-state index in [0.29, 0.717) is 59.6 Å². The van der Waals surface area contributed by atoms with Crippen LogP contribution in [0.3, 0.4) is 0 Å². The molecule has 5 heterocycles. The third-order valence-corrected chi connectivity index (χ3v) is 9.20. The number of para-hydroxylation sites is 1. The van der Waals surface area contributed by atoms with Gasteiger partial charge in [-0.25, -0.2) is 4.39 Å². The summed E-state index contributed by atoms with van der Waals surface area (Å²) in [7, 11) is 2.10. The van der Waals surface area contributed by atoms with E-state index in [-0.39, 0.29) is 10.9 Å². The van der Waals surface area contributed by atoms with Crippen molar-refractivity contribution in [2.75, 3.05) is 38.1 Å². The quantitative estimate of drug-likeness (QED) is 0.278. The van der Waals surface area contributed by atoms with Gasteiger partial charge in [0.05, 0.1) is 11.1 Å². The average Bonchev–Trinajstić information content (AvgIpc) is 3.74. The number of amides is 1. The number of furan rings is 1. The Morgan fingerprint density at radius 2 is 1.86 bits per heavy atom. The number of carbonyl (C=O) groups is 1. The van der Waals surface area contributed by atoms with Crippen LogP contribution in [0, 0.1) is 5.82 Å². The zero-order valence-corrected chi connectivity index (χ0v) is 23.4. The number of rotatable bonds is 5. The number of anilines is 1. The van der Waals surface area contributed by atoms with E-state index in [1.165, 1.54) is 6.07 Å². The summed E-state index contributed by atoms with van der Waals surface area (Å²) in [6, 6.07) is 13.2. The molecular weight excluding hydrogens is 535 g/mol. The second-order valence-electron chi connectivity index (χ2n) is 11.7. The van der Waals surface area contributed by atoms with E-state index in [4.69, 9.17) is 9.15 Å². The minimum atomic E-state index is -0.525. The molecule has 2 saturated heterocycles. The number of halogens is 1. The molecule has 0 aliphatic carbocycles. The molecule has 0 spiro atoms. The number of carbonyl (C=O) groups excluding carboxylic acids is 1. The molecule has 9 heteroatoms. The molecule has 0 saturated carbocycles. The van der Waals surface area contributed by atoms with Crippen molar-refractivity contribution in [1.82, 2.24) is 14.8 Å². The van der Waals surface area contributed by atoms with Crippen LogP contribution in [0.15, 0.2) is 57.9 Å². The van der Waals surface area contributed by atoms with Crippen LogP contribution in [-0.2, 0) is 0 Å². The Morgan fingerprint density at radius 1 is 1.02 bits per heavy atom. The van der Waals surface area contributed by atoms with Crippen molar-refractivity contribution in [2.24, 2.45) is 0 Å². The minimum absolute atomic E-state index is 0.0286. The fourth-order valence-corrected chi connectivity index (χ4v) is 7.01. The molecule has 5 aromatic rings. The van der Waals surface area contributed by atoms with Gasteiger partial charge in [-0.1, -0.05) is 18.2 Å². The molecule has 1 unspecified atom stereocenters. The first-order valence-electron chi connectivity index (χ1n) is 14.8. The molecule has 2 fully saturated rings. The summed E-state index contributed by atoms with van der Waals surface area (Å²) in [5, 5.41) is 4.88. The van der Waals surface area contributed by atoms with E-state index >= 15 is 4.39 Å². The summed E-state index contributed by atoms with van der Waals surface area (Å²) in [6.45, 7) is 2.93. The second-order valence-corrected chi connectivity index (χ2v) is 11.7. The molecule has 42 heavy (non-hydrogen) atoms. The van der Waals surface area contributed by atoms with E-state index < -0.39 is 17.2 Å². The fraction of sp³-hybridized carbons (Fsp3) is 0.333. The van der Waals surface area contributed by atoms with Crippen molar-refractivity contribution in [3.8, 4) is 17.2 Å². The highest BCUT2D eigenvalue weighted by molar-refractivity contribution is 6.07. The number of fused-ring (bicyclic) bond motifs is 5. The number of benzene rings is 3.